The van der Waals surface area contributed by atoms with Gasteiger partial charge in [0.1, 0.15) is 0 Å². The molecule has 102 valence electrons. The lowest BCUT2D eigenvalue weighted by Gasteiger charge is -2.14. The van der Waals surface area contributed by atoms with Crippen molar-refractivity contribution in [2.24, 2.45) is 0 Å². The molecule has 0 radical (unpaired) electrons. The molecular formula is C9H14N2O5S2. The van der Waals surface area contributed by atoms with Crippen LogP contribution < -0.4 is 10.6 Å². The first-order chi connectivity index (χ1) is 8.26. The summed E-state index contributed by atoms with van der Waals surface area (Å²) in [7, 11) is -6.25. The average molecular weight is 294 g/mol. The number of nitrogens with one attached hydrogen (secondary N) is 2. The normalized spacial score (nSPS) is 32.2. The Kier molecular flexibility index (Phi) is 3.37. The zero-order valence-electron chi connectivity index (χ0n) is 9.50. The van der Waals surface area contributed by atoms with Gasteiger partial charge < -0.3 is 10.6 Å². The monoisotopic (exact) mass is 294 g/mol. The lowest BCUT2D eigenvalue weighted by atomic mass is 10.3. The Bertz CT molecular complexity index is 578. The van der Waals surface area contributed by atoms with Gasteiger partial charge in [-0.2, -0.15) is 0 Å². The molecule has 2 heterocycles. The summed E-state index contributed by atoms with van der Waals surface area (Å²) in [5.74, 6) is -0.127. The van der Waals surface area contributed by atoms with E-state index < -0.39 is 37.8 Å². The lowest BCUT2D eigenvalue weighted by Crippen LogP contribution is -2.46. The molecule has 2 atom stereocenters. The summed E-state index contributed by atoms with van der Waals surface area (Å²) in [6.07, 6.45) is 1.80. The van der Waals surface area contributed by atoms with Crippen molar-refractivity contribution in [1.82, 2.24) is 10.6 Å². The lowest BCUT2D eigenvalue weighted by molar-refractivity contribution is 0.237. The van der Waals surface area contributed by atoms with E-state index in [-0.39, 0.29) is 17.3 Å². The van der Waals surface area contributed by atoms with E-state index in [0.717, 1.165) is 5.41 Å². The van der Waals surface area contributed by atoms with Crippen LogP contribution >= 0.6 is 0 Å². The molecule has 2 unspecified atom stereocenters. The fourth-order valence-corrected chi connectivity index (χ4v) is 4.88. The summed E-state index contributed by atoms with van der Waals surface area (Å²) in [5, 5.41) is 6.08. The summed E-state index contributed by atoms with van der Waals surface area (Å²) in [6, 6.07) is -1.48. The molecular weight excluding hydrogens is 280 g/mol. The first-order valence-corrected chi connectivity index (χ1v) is 8.98. The molecule has 0 bridgehead atoms. The number of amides is 2. The van der Waals surface area contributed by atoms with Crippen LogP contribution in [0, 0.1) is 0 Å². The Labute approximate surface area is 105 Å². The fraction of sp³-hybridized carbons (Fsp3) is 0.667. The van der Waals surface area contributed by atoms with Gasteiger partial charge in [-0.15, -0.1) is 0 Å². The first kappa shape index (κ1) is 13.3. The van der Waals surface area contributed by atoms with E-state index >= 15 is 0 Å². The Balaban J connectivity index is 1.82. The zero-order valence-corrected chi connectivity index (χ0v) is 11.1. The van der Waals surface area contributed by atoms with Gasteiger partial charge in [-0.1, -0.05) is 0 Å². The Morgan fingerprint density at radius 1 is 1.11 bits per heavy atom. The van der Waals surface area contributed by atoms with Gasteiger partial charge in [-0.05, 0) is 12.5 Å². The molecule has 0 aromatic rings. The maximum atomic E-state index is 11.5. The molecule has 18 heavy (non-hydrogen) atoms. The molecule has 0 aromatic carbocycles. The maximum Gasteiger partial charge on any atom is 0.315 e. The number of carbonyl (C=O) groups excluding carboxylic acids is 1. The van der Waals surface area contributed by atoms with Crippen molar-refractivity contribution < 1.29 is 21.6 Å². The van der Waals surface area contributed by atoms with Crippen LogP contribution in [0.5, 0.6) is 0 Å². The first-order valence-electron chi connectivity index (χ1n) is 5.44. The van der Waals surface area contributed by atoms with E-state index in [1.807, 2.05) is 0 Å². The molecule has 0 saturated carbocycles. The molecule has 0 aliphatic carbocycles. The van der Waals surface area contributed by atoms with E-state index in [0.29, 0.717) is 6.42 Å². The van der Waals surface area contributed by atoms with Crippen molar-refractivity contribution in [3.63, 3.8) is 0 Å². The van der Waals surface area contributed by atoms with E-state index in [4.69, 9.17) is 0 Å². The third-order valence-corrected chi connectivity index (χ3v) is 5.98. The van der Waals surface area contributed by atoms with Gasteiger partial charge in [0, 0.05) is 11.4 Å². The van der Waals surface area contributed by atoms with Crippen molar-refractivity contribution in [3.8, 4) is 0 Å². The SMILES string of the molecule is O=C(NC1C=CS(=O)(=O)C1)NC1CCS(=O)(=O)C1. The number of sulfone groups is 2. The highest BCUT2D eigenvalue weighted by atomic mass is 32.2. The van der Waals surface area contributed by atoms with E-state index in [9.17, 15) is 21.6 Å². The van der Waals surface area contributed by atoms with E-state index in [1.54, 1.807) is 0 Å². The quantitative estimate of drug-likeness (QED) is 0.663. The van der Waals surface area contributed by atoms with Crippen molar-refractivity contribution in [2.45, 2.75) is 18.5 Å². The topological polar surface area (TPSA) is 109 Å². The van der Waals surface area contributed by atoms with Gasteiger partial charge in [0.25, 0.3) is 0 Å². The number of rotatable bonds is 2. The van der Waals surface area contributed by atoms with Gasteiger partial charge in [-0.25, -0.2) is 21.6 Å². The van der Waals surface area contributed by atoms with Gasteiger partial charge >= 0.3 is 6.03 Å². The second-order valence-corrected chi connectivity index (χ2v) is 8.64. The Hall–Kier alpha value is -1.09. The number of hydrogen-bond donors (Lipinski definition) is 2. The van der Waals surface area contributed by atoms with Gasteiger partial charge in [0.2, 0.25) is 0 Å². The van der Waals surface area contributed by atoms with Gasteiger partial charge in [0.05, 0.1) is 23.3 Å². The van der Waals surface area contributed by atoms with Crippen molar-refractivity contribution in [3.05, 3.63) is 11.5 Å². The zero-order chi connectivity index (χ0) is 13.4. The summed E-state index contributed by atoms with van der Waals surface area (Å²) in [5.41, 5.74) is 0. The van der Waals surface area contributed by atoms with Crippen LogP contribution in [0.2, 0.25) is 0 Å². The number of hydrogen-bond acceptors (Lipinski definition) is 5. The Morgan fingerprint density at radius 2 is 1.83 bits per heavy atom. The molecule has 0 spiro atoms. The number of carbonyl (C=O) groups is 1. The second-order valence-electron chi connectivity index (χ2n) is 4.48. The largest absolute Gasteiger partial charge is 0.334 e. The van der Waals surface area contributed by atoms with E-state index in [2.05, 4.69) is 10.6 Å². The maximum absolute atomic E-state index is 11.5. The van der Waals surface area contributed by atoms with Crippen molar-refractivity contribution in [1.29, 1.82) is 0 Å². The summed E-state index contributed by atoms with van der Waals surface area (Å²) < 4.78 is 44.6. The molecule has 2 aliphatic rings. The Morgan fingerprint density at radius 3 is 2.33 bits per heavy atom. The highest BCUT2D eigenvalue weighted by molar-refractivity contribution is 7.94. The molecule has 2 amide bonds. The van der Waals surface area contributed by atoms with Gasteiger partial charge in [-0.3, -0.25) is 0 Å². The standard InChI is InChI=1S/C9H14N2O5S2/c12-9(10-7-1-3-17(13,14)5-7)11-8-2-4-18(15,16)6-8/h1,3,7-8H,2,4-6H2,(H2,10,11,12). The fourth-order valence-electron chi connectivity index (χ4n) is 1.97. The predicted molar refractivity (Wildman–Crippen MR) is 65.4 cm³/mol. The average Bonchev–Trinajstić information content (AvgIpc) is 2.69. The minimum atomic E-state index is -3.21. The highest BCUT2D eigenvalue weighted by Gasteiger charge is 2.30. The molecule has 2 aliphatic heterocycles. The van der Waals surface area contributed by atoms with Crippen LogP contribution in [-0.4, -0.2) is 52.2 Å². The third kappa shape index (κ3) is 3.45. The summed E-state index contributed by atoms with van der Waals surface area (Å²) >= 11 is 0. The molecule has 1 fully saturated rings. The van der Waals surface area contributed by atoms with Crippen LogP contribution in [0.1, 0.15) is 6.42 Å². The van der Waals surface area contributed by atoms with Crippen LogP contribution in [0.15, 0.2) is 11.5 Å². The highest BCUT2D eigenvalue weighted by Crippen LogP contribution is 2.11. The van der Waals surface area contributed by atoms with Crippen LogP contribution in [0.3, 0.4) is 0 Å². The van der Waals surface area contributed by atoms with E-state index in [1.165, 1.54) is 6.08 Å². The minimum absolute atomic E-state index is 0.0563. The minimum Gasteiger partial charge on any atom is -0.334 e. The van der Waals surface area contributed by atoms with Crippen LogP contribution in [0.25, 0.3) is 0 Å². The smallest absolute Gasteiger partial charge is 0.315 e. The molecule has 7 nitrogen and oxygen atoms in total. The molecule has 9 heteroatoms. The predicted octanol–water partition coefficient (Wildman–Crippen LogP) is -1.22. The molecule has 2 N–H and O–H groups in total. The van der Waals surface area contributed by atoms with Crippen molar-refractivity contribution in [2.75, 3.05) is 17.3 Å². The summed E-state index contributed by atoms with van der Waals surface area (Å²) in [4.78, 5) is 11.5. The molecule has 2 rings (SSSR count). The van der Waals surface area contributed by atoms with Crippen LogP contribution in [0.4, 0.5) is 4.79 Å². The number of urea groups is 1. The van der Waals surface area contributed by atoms with Crippen molar-refractivity contribution >= 4 is 25.7 Å². The van der Waals surface area contributed by atoms with Crippen LogP contribution in [-0.2, 0) is 19.7 Å². The van der Waals surface area contributed by atoms with Gasteiger partial charge in [0.15, 0.2) is 19.7 Å². The summed E-state index contributed by atoms with van der Waals surface area (Å²) in [6.45, 7) is 0. The molecule has 1 saturated heterocycles. The molecule has 0 aromatic heterocycles. The third-order valence-electron chi connectivity index (χ3n) is 2.81. The second kappa shape index (κ2) is 4.54.